The van der Waals surface area contributed by atoms with Crippen LogP contribution in [0.3, 0.4) is 0 Å². The Balaban J connectivity index is 1.75. The molecule has 1 aliphatic carbocycles. The zero-order valence-electron chi connectivity index (χ0n) is 11.7. The maximum atomic E-state index is 5.59. The van der Waals surface area contributed by atoms with Crippen molar-refractivity contribution in [2.24, 2.45) is 11.7 Å². The summed E-state index contributed by atoms with van der Waals surface area (Å²) in [5, 5.41) is 0. The van der Waals surface area contributed by atoms with E-state index in [0.717, 1.165) is 18.4 Å². The summed E-state index contributed by atoms with van der Waals surface area (Å²) in [5.41, 5.74) is 6.84. The Kier molecular flexibility index (Phi) is 4.02. The standard InChI is InChI=1S/C16H25N3/c17-10-9-13-7-8-16(18-12-13)19-11-3-5-14-4-1-2-6-15(14)19/h7-8,12,14-15H,1-6,9-11,17H2. The van der Waals surface area contributed by atoms with Gasteiger partial charge in [0, 0.05) is 18.8 Å². The summed E-state index contributed by atoms with van der Waals surface area (Å²) in [6.45, 7) is 1.89. The molecule has 104 valence electrons. The van der Waals surface area contributed by atoms with E-state index in [1.165, 1.54) is 56.5 Å². The second-order valence-corrected chi connectivity index (χ2v) is 6.01. The van der Waals surface area contributed by atoms with Gasteiger partial charge in [0.25, 0.3) is 0 Å². The summed E-state index contributed by atoms with van der Waals surface area (Å²) < 4.78 is 0. The van der Waals surface area contributed by atoms with E-state index >= 15 is 0 Å². The van der Waals surface area contributed by atoms with Crippen molar-refractivity contribution in [2.75, 3.05) is 18.0 Å². The first-order valence-electron chi connectivity index (χ1n) is 7.80. The van der Waals surface area contributed by atoms with Crippen LogP contribution in [0.25, 0.3) is 0 Å². The molecule has 1 aromatic heterocycles. The second kappa shape index (κ2) is 5.91. The minimum atomic E-state index is 0.704. The largest absolute Gasteiger partial charge is 0.353 e. The van der Waals surface area contributed by atoms with Crippen molar-refractivity contribution < 1.29 is 0 Å². The van der Waals surface area contributed by atoms with E-state index in [-0.39, 0.29) is 0 Å². The topological polar surface area (TPSA) is 42.1 Å². The number of pyridine rings is 1. The number of nitrogens with two attached hydrogens (primary N) is 1. The summed E-state index contributed by atoms with van der Waals surface area (Å²) >= 11 is 0. The van der Waals surface area contributed by atoms with E-state index in [0.29, 0.717) is 6.54 Å². The van der Waals surface area contributed by atoms with Gasteiger partial charge >= 0.3 is 0 Å². The Bertz CT molecular complexity index is 399. The van der Waals surface area contributed by atoms with E-state index in [1.54, 1.807) is 0 Å². The number of fused-ring (bicyclic) bond motifs is 1. The van der Waals surface area contributed by atoms with Crippen LogP contribution in [0.5, 0.6) is 0 Å². The molecule has 2 atom stereocenters. The van der Waals surface area contributed by atoms with Crippen LogP contribution in [0.15, 0.2) is 18.3 Å². The zero-order chi connectivity index (χ0) is 13.1. The Labute approximate surface area is 116 Å². The molecule has 1 aromatic rings. The van der Waals surface area contributed by atoms with E-state index in [9.17, 15) is 0 Å². The summed E-state index contributed by atoms with van der Waals surface area (Å²) in [6, 6.07) is 5.14. The highest BCUT2D eigenvalue weighted by Gasteiger charge is 2.33. The third kappa shape index (κ3) is 2.76. The van der Waals surface area contributed by atoms with Gasteiger partial charge in [-0.1, -0.05) is 18.9 Å². The van der Waals surface area contributed by atoms with Crippen LogP contribution in [0.1, 0.15) is 44.1 Å². The Hall–Kier alpha value is -1.09. The minimum absolute atomic E-state index is 0.704. The summed E-state index contributed by atoms with van der Waals surface area (Å²) in [6.07, 6.45) is 11.3. The van der Waals surface area contributed by atoms with Gasteiger partial charge < -0.3 is 10.6 Å². The average Bonchev–Trinajstić information content (AvgIpc) is 2.48. The van der Waals surface area contributed by atoms with Gasteiger partial charge in [0.2, 0.25) is 0 Å². The molecule has 3 heteroatoms. The predicted octanol–water partition coefficient (Wildman–Crippen LogP) is 2.74. The van der Waals surface area contributed by atoms with Gasteiger partial charge in [0.1, 0.15) is 5.82 Å². The van der Waals surface area contributed by atoms with E-state index in [4.69, 9.17) is 5.73 Å². The molecule has 0 amide bonds. The van der Waals surface area contributed by atoms with E-state index < -0.39 is 0 Å². The molecule has 1 saturated heterocycles. The third-order valence-corrected chi connectivity index (χ3v) is 4.78. The number of rotatable bonds is 3. The molecule has 0 radical (unpaired) electrons. The minimum Gasteiger partial charge on any atom is -0.353 e. The highest BCUT2D eigenvalue weighted by Crippen LogP contribution is 2.37. The van der Waals surface area contributed by atoms with Crippen molar-refractivity contribution in [1.82, 2.24) is 4.98 Å². The lowest BCUT2D eigenvalue weighted by atomic mass is 9.78. The van der Waals surface area contributed by atoms with Crippen molar-refractivity contribution >= 4 is 5.82 Å². The van der Waals surface area contributed by atoms with E-state index in [1.807, 2.05) is 6.20 Å². The Morgan fingerprint density at radius 3 is 2.79 bits per heavy atom. The van der Waals surface area contributed by atoms with Crippen molar-refractivity contribution in [3.8, 4) is 0 Å². The maximum absolute atomic E-state index is 5.59. The normalized spacial score (nSPS) is 27.1. The Morgan fingerprint density at radius 2 is 2.00 bits per heavy atom. The van der Waals surface area contributed by atoms with Crippen LogP contribution in [0.2, 0.25) is 0 Å². The molecule has 2 heterocycles. The van der Waals surface area contributed by atoms with Crippen molar-refractivity contribution in [2.45, 2.75) is 51.0 Å². The number of aromatic nitrogens is 1. The zero-order valence-corrected chi connectivity index (χ0v) is 11.7. The lowest BCUT2D eigenvalue weighted by Gasteiger charge is -2.44. The highest BCUT2D eigenvalue weighted by atomic mass is 15.2. The SMILES string of the molecule is NCCc1ccc(N2CCCC3CCCCC32)nc1. The molecular weight excluding hydrogens is 234 g/mol. The lowest BCUT2D eigenvalue weighted by Crippen LogP contribution is -2.47. The molecule has 0 spiro atoms. The van der Waals surface area contributed by atoms with Gasteiger partial charge in [-0.05, 0) is 56.2 Å². The molecule has 3 nitrogen and oxygen atoms in total. The van der Waals surface area contributed by atoms with Gasteiger partial charge in [0.05, 0.1) is 0 Å². The molecule has 2 N–H and O–H groups in total. The first-order chi connectivity index (χ1) is 9.38. The fourth-order valence-electron chi connectivity index (χ4n) is 3.81. The summed E-state index contributed by atoms with van der Waals surface area (Å²) in [4.78, 5) is 7.25. The lowest BCUT2D eigenvalue weighted by molar-refractivity contribution is 0.243. The van der Waals surface area contributed by atoms with Gasteiger partial charge in [-0.3, -0.25) is 0 Å². The van der Waals surface area contributed by atoms with Crippen LogP contribution in [0, 0.1) is 5.92 Å². The van der Waals surface area contributed by atoms with Gasteiger partial charge in [-0.25, -0.2) is 4.98 Å². The molecular formula is C16H25N3. The van der Waals surface area contributed by atoms with Crippen LogP contribution in [-0.4, -0.2) is 24.1 Å². The molecule has 19 heavy (non-hydrogen) atoms. The van der Waals surface area contributed by atoms with E-state index in [2.05, 4.69) is 22.0 Å². The van der Waals surface area contributed by atoms with Crippen LogP contribution in [-0.2, 0) is 6.42 Å². The van der Waals surface area contributed by atoms with Crippen molar-refractivity contribution in [1.29, 1.82) is 0 Å². The van der Waals surface area contributed by atoms with Crippen LogP contribution in [0.4, 0.5) is 5.82 Å². The van der Waals surface area contributed by atoms with Crippen molar-refractivity contribution in [3.63, 3.8) is 0 Å². The number of nitrogens with zero attached hydrogens (tertiary/aromatic N) is 2. The quantitative estimate of drug-likeness (QED) is 0.907. The van der Waals surface area contributed by atoms with Gasteiger partial charge in [-0.15, -0.1) is 0 Å². The highest BCUT2D eigenvalue weighted by molar-refractivity contribution is 5.41. The summed E-state index contributed by atoms with van der Waals surface area (Å²) in [5.74, 6) is 2.09. The number of hydrogen-bond donors (Lipinski definition) is 1. The first-order valence-corrected chi connectivity index (χ1v) is 7.80. The number of hydrogen-bond acceptors (Lipinski definition) is 3. The Morgan fingerprint density at radius 1 is 1.16 bits per heavy atom. The molecule has 2 fully saturated rings. The molecule has 1 aliphatic heterocycles. The predicted molar refractivity (Wildman–Crippen MR) is 79.3 cm³/mol. The first kappa shape index (κ1) is 12.9. The van der Waals surface area contributed by atoms with Crippen LogP contribution < -0.4 is 10.6 Å². The molecule has 2 aliphatic rings. The molecule has 0 bridgehead atoms. The molecule has 1 saturated carbocycles. The fraction of sp³-hybridized carbons (Fsp3) is 0.688. The monoisotopic (exact) mass is 259 g/mol. The number of piperidine rings is 1. The maximum Gasteiger partial charge on any atom is 0.128 e. The summed E-state index contributed by atoms with van der Waals surface area (Å²) in [7, 11) is 0. The smallest absolute Gasteiger partial charge is 0.128 e. The average molecular weight is 259 g/mol. The third-order valence-electron chi connectivity index (χ3n) is 4.78. The second-order valence-electron chi connectivity index (χ2n) is 6.01. The molecule has 2 unspecified atom stereocenters. The van der Waals surface area contributed by atoms with Crippen molar-refractivity contribution in [3.05, 3.63) is 23.9 Å². The van der Waals surface area contributed by atoms with Gasteiger partial charge in [0.15, 0.2) is 0 Å². The number of anilines is 1. The van der Waals surface area contributed by atoms with Crippen LogP contribution >= 0.6 is 0 Å². The molecule has 0 aromatic carbocycles. The fourth-order valence-corrected chi connectivity index (χ4v) is 3.81. The molecule has 3 rings (SSSR count). The van der Waals surface area contributed by atoms with Gasteiger partial charge in [-0.2, -0.15) is 0 Å².